The maximum Gasteiger partial charge on any atom is 0.273 e. The van der Waals surface area contributed by atoms with Gasteiger partial charge in [-0.15, -0.1) is 21.5 Å². The number of carbonyl (C=O) groups excluding carboxylic acids is 1. The van der Waals surface area contributed by atoms with Gasteiger partial charge in [-0.3, -0.25) is 9.36 Å². The first-order valence-corrected chi connectivity index (χ1v) is 12.0. The second-order valence-corrected chi connectivity index (χ2v) is 9.33. The highest BCUT2D eigenvalue weighted by molar-refractivity contribution is 7.98. The van der Waals surface area contributed by atoms with Gasteiger partial charge in [0.2, 0.25) is 5.82 Å². The van der Waals surface area contributed by atoms with E-state index in [2.05, 4.69) is 15.2 Å². The average Bonchev–Trinajstić information content (AvgIpc) is 3.59. The summed E-state index contributed by atoms with van der Waals surface area (Å²) >= 11 is 9.07. The van der Waals surface area contributed by atoms with Crippen molar-refractivity contribution in [3.05, 3.63) is 63.8 Å². The Labute approximate surface area is 192 Å². The van der Waals surface area contributed by atoms with Crippen LogP contribution in [0.15, 0.2) is 57.6 Å². The van der Waals surface area contributed by atoms with Crippen molar-refractivity contribution in [2.75, 3.05) is 13.1 Å². The van der Waals surface area contributed by atoms with Crippen molar-refractivity contribution in [3.63, 3.8) is 0 Å². The van der Waals surface area contributed by atoms with E-state index in [1.807, 2.05) is 51.2 Å². The van der Waals surface area contributed by atoms with Crippen LogP contribution in [0.1, 0.15) is 28.3 Å². The number of rotatable bonds is 6. The Balaban J connectivity index is 1.38. The summed E-state index contributed by atoms with van der Waals surface area (Å²) in [6.45, 7) is 1.64. The number of amides is 1. The molecule has 4 aromatic rings. The molecule has 1 fully saturated rings. The van der Waals surface area contributed by atoms with Crippen molar-refractivity contribution in [1.29, 1.82) is 0 Å². The fourth-order valence-corrected chi connectivity index (χ4v) is 5.30. The van der Waals surface area contributed by atoms with Crippen molar-refractivity contribution in [1.82, 2.24) is 24.6 Å². The maximum absolute atomic E-state index is 12.6. The molecular weight excluding hydrogens is 454 g/mol. The molecule has 10 heteroatoms. The molecule has 0 atom stereocenters. The van der Waals surface area contributed by atoms with Gasteiger partial charge in [-0.05, 0) is 49.2 Å². The molecule has 0 bridgehead atoms. The van der Waals surface area contributed by atoms with Gasteiger partial charge in [0.05, 0.1) is 12.0 Å². The maximum atomic E-state index is 12.6. The van der Waals surface area contributed by atoms with Crippen LogP contribution in [0.25, 0.3) is 17.3 Å². The van der Waals surface area contributed by atoms with Crippen LogP contribution in [0.3, 0.4) is 0 Å². The monoisotopic (exact) mass is 471 g/mol. The van der Waals surface area contributed by atoms with Crippen molar-refractivity contribution < 1.29 is 9.21 Å². The molecule has 0 unspecified atom stereocenters. The lowest BCUT2D eigenvalue weighted by Gasteiger charge is -2.12. The smallest absolute Gasteiger partial charge is 0.273 e. The molecule has 0 saturated carbocycles. The van der Waals surface area contributed by atoms with E-state index in [1.165, 1.54) is 23.1 Å². The summed E-state index contributed by atoms with van der Waals surface area (Å²) in [6.07, 6.45) is 3.74. The van der Waals surface area contributed by atoms with E-state index in [0.29, 0.717) is 33.2 Å². The first-order valence-electron chi connectivity index (χ1n) is 9.81. The van der Waals surface area contributed by atoms with Crippen molar-refractivity contribution >= 4 is 40.6 Å². The average molecular weight is 472 g/mol. The zero-order valence-electron chi connectivity index (χ0n) is 16.4. The lowest BCUT2D eigenvalue weighted by molar-refractivity contribution is 0.0787. The van der Waals surface area contributed by atoms with Crippen LogP contribution in [-0.2, 0) is 5.75 Å². The van der Waals surface area contributed by atoms with Crippen LogP contribution in [-0.4, -0.2) is 43.6 Å². The molecule has 0 radical (unpaired) electrons. The third kappa shape index (κ3) is 4.26. The number of aromatic nitrogens is 4. The number of thiazole rings is 1. The zero-order chi connectivity index (χ0) is 21.2. The number of thioether (sulfide) groups is 1. The quantitative estimate of drug-likeness (QED) is 0.361. The van der Waals surface area contributed by atoms with Crippen molar-refractivity contribution in [2.24, 2.45) is 0 Å². The number of likely N-dealkylation sites (tertiary alicyclic amines) is 1. The Hall–Kier alpha value is -2.62. The van der Waals surface area contributed by atoms with Crippen LogP contribution in [0.4, 0.5) is 0 Å². The number of nitrogens with zero attached hydrogens (tertiary/aromatic N) is 5. The van der Waals surface area contributed by atoms with Gasteiger partial charge in [0, 0.05) is 29.2 Å². The predicted molar refractivity (Wildman–Crippen MR) is 121 cm³/mol. The van der Waals surface area contributed by atoms with Crippen LogP contribution in [0.2, 0.25) is 5.02 Å². The molecule has 0 aliphatic carbocycles. The molecule has 1 saturated heterocycles. The van der Waals surface area contributed by atoms with Crippen LogP contribution >= 0.6 is 34.7 Å². The van der Waals surface area contributed by atoms with E-state index in [0.717, 1.165) is 36.6 Å². The highest BCUT2D eigenvalue weighted by Crippen LogP contribution is 2.31. The SMILES string of the molecule is O=C(c1csc(CSc2nnc(-c3ccco3)n2-c2ccc(Cl)cc2)n1)N1CCCC1. The van der Waals surface area contributed by atoms with Crippen LogP contribution in [0, 0.1) is 0 Å². The summed E-state index contributed by atoms with van der Waals surface area (Å²) in [5.41, 5.74) is 1.41. The molecule has 5 rings (SSSR count). The van der Waals surface area contributed by atoms with E-state index < -0.39 is 0 Å². The first-order chi connectivity index (χ1) is 15.2. The Morgan fingerprint density at radius 3 is 2.71 bits per heavy atom. The fourth-order valence-electron chi connectivity index (χ4n) is 3.44. The minimum Gasteiger partial charge on any atom is -0.461 e. The summed E-state index contributed by atoms with van der Waals surface area (Å²) in [4.78, 5) is 19.0. The third-order valence-electron chi connectivity index (χ3n) is 4.95. The molecule has 1 amide bonds. The van der Waals surface area contributed by atoms with Gasteiger partial charge in [0.1, 0.15) is 10.7 Å². The summed E-state index contributed by atoms with van der Waals surface area (Å²) in [5.74, 6) is 1.84. The molecule has 1 aliphatic heterocycles. The second-order valence-electron chi connectivity index (χ2n) is 7.01. The molecule has 158 valence electrons. The van der Waals surface area contributed by atoms with Crippen LogP contribution in [0.5, 0.6) is 0 Å². The summed E-state index contributed by atoms with van der Waals surface area (Å²) < 4.78 is 7.48. The van der Waals surface area contributed by atoms with Gasteiger partial charge in [0.15, 0.2) is 10.9 Å². The number of hydrogen-bond acceptors (Lipinski definition) is 7. The molecule has 7 nitrogen and oxygen atoms in total. The standard InChI is InChI=1S/C21H18ClN5O2S2/c22-14-5-7-15(8-6-14)27-19(17-4-3-11-29-17)24-25-21(27)31-13-18-23-16(12-30-18)20(28)26-9-1-2-10-26/h3-8,11-12H,1-2,9-10,13H2. The molecular formula is C21H18ClN5O2S2. The van der Waals surface area contributed by atoms with Gasteiger partial charge in [-0.1, -0.05) is 23.4 Å². The summed E-state index contributed by atoms with van der Waals surface area (Å²) in [7, 11) is 0. The number of halogens is 1. The van der Waals surface area contributed by atoms with Crippen molar-refractivity contribution in [2.45, 2.75) is 23.8 Å². The van der Waals surface area contributed by atoms with E-state index in [-0.39, 0.29) is 5.91 Å². The largest absolute Gasteiger partial charge is 0.461 e. The zero-order valence-corrected chi connectivity index (χ0v) is 18.8. The molecule has 3 aromatic heterocycles. The molecule has 31 heavy (non-hydrogen) atoms. The highest BCUT2D eigenvalue weighted by atomic mass is 35.5. The third-order valence-corrected chi connectivity index (χ3v) is 7.17. The Bertz CT molecular complexity index is 1180. The summed E-state index contributed by atoms with van der Waals surface area (Å²) in [5, 5.41) is 12.8. The second kappa shape index (κ2) is 8.86. The van der Waals surface area contributed by atoms with Gasteiger partial charge in [-0.2, -0.15) is 0 Å². The summed E-state index contributed by atoms with van der Waals surface area (Å²) in [6, 6.07) is 11.2. The lowest BCUT2D eigenvalue weighted by Crippen LogP contribution is -2.27. The molecule has 4 heterocycles. The Morgan fingerprint density at radius 1 is 1.16 bits per heavy atom. The number of furan rings is 1. The minimum atomic E-state index is 0.0226. The van der Waals surface area contributed by atoms with Gasteiger partial charge in [-0.25, -0.2) is 4.98 Å². The van der Waals surface area contributed by atoms with Gasteiger partial charge in [0.25, 0.3) is 5.91 Å². The topological polar surface area (TPSA) is 77.0 Å². The predicted octanol–water partition coefficient (Wildman–Crippen LogP) is 5.17. The molecule has 1 aliphatic rings. The van der Waals surface area contributed by atoms with Gasteiger partial charge >= 0.3 is 0 Å². The lowest BCUT2D eigenvalue weighted by atomic mass is 10.3. The normalized spacial score (nSPS) is 13.8. The van der Waals surface area contributed by atoms with Crippen LogP contribution < -0.4 is 0 Å². The number of hydrogen-bond donors (Lipinski definition) is 0. The van der Waals surface area contributed by atoms with Crippen molar-refractivity contribution in [3.8, 4) is 17.3 Å². The first kappa shape index (κ1) is 20.3. The van der Waals surface area contributed by atoms with E-state index in [1.54, 1.807) is 6.26 Å². The minimum absolute atomic E-state index is 0.0226. The molecule has 0 spiro atoms. The van der Waals surface area contributed by atoms with E-state index in [9.17, 15) is 4.79 Å². The molecule has 1 aromatic carbocycles. The fraction of sp³-hybridized carbons (Fsp3) is 0.238. The highest BCUT2D eigenvalue weighted by Gasteiger charge is 2.22. The van der Waals surface area contributed by atoms with Gasteiger partial charge < -0.3 is 9.32 Å². The Morgan fingerprint density at radius 2 is 1.97 bits per heavy atom. The Kier molecular flexibility index (Phi) is 5.80. The number of carbonyl (C=O) groups is 1. The van der Waals surface area contributed by atoms with E-state index >= 15 is 0 Å². The van der Waals surface area contributed by atoms with E-state index in [4.69, 9.17) is 16.0 Å². The molecule has 0 N–H and O–H groups in total. The number of benzene rings is 1.